The molecule has 3 aromatic carbocycles. The van der Waals surface area contributed by atoms with Gasteiger partial charge in [-0.1, -0.05) is 24.3 Å². The number of nitrogens with zero attached hydrogens (tertiary/aromatic N) is 5. The molecule has 0 spiro atoms. The normalized spacial score (nSPS) is 13.3. The monoisotopic (exact) mass is 805 g/mol. The van der Waals surface area contributed by atoms with Crippen LogP contribution in [0.4, 0.5) is 24.7 Å². The van der Waals surface area contributed by atoms with Crippen LogP contribution >= 0.6 is 11.8 Å². The molecule has 1 fully saturated rings. The van der Waals surface area contributed by atoms with Gasteiger partial charge >= 0.3 is 6.18 Å². The molecule has 0 saturated carbocycles. The number of ether oxygens (including phenoxy) is 1. The number of aryl methyl sites for hydroxylation is 1. The minimum absolute atomic E-state index is 0.119. The summed E-state index contributed by atoms with van der Waals surface area (Å²) in [6, 6.07) is 22.1. The maximum absolute atomic E-state index is 14.0. The first-order valence-electron chi connectivity index (χ1n) is 17.6. The van der Waals surface area contributed by atoms with Crippen molar-refractivity contribution in [3.05, 3.63) is 120 Å². The standard InChI is InChI=1S/C39H38F3N7O5S2/c1-3-54-29-22-28(24-43-25-29)32-11-9-27(21-26(32)2)38(51)49-18-16-48(17-19-49)36-14-13-35(45-46-36)37(50)47-56(52,53)31-10-12-34(33(23-31)39(40,41)42)44-15-20-55-30-7-5-4-6-8-30/h4-14,21-25,44H,3,15-20H2,1-2H3,(H,47,50). The van der Waals surface area contributed by atoms with E-state index in [1.807, 2.05) is 67.3 Å². The summed E-state index contributed by atoms with van der Waals surface area (Å²) in [6.07, 6.45) is -1.47. The number of thioether (sulfide) groups is 1. The number of rotatable bonds is 13. The number of sulfonamides is 1. The molecule has 292 valence electrons. The maximum atomic E-state index is 14.0. The van der Waals surface area contributed by atoms with Gasteiger partial charge in [-0.05, 0) is 85.6 Å². The molecule has 2 aromatic heterocycles. The highest BCUT2D eigenvalue weighted by Crippen LogP contribution is 2.36. The molecule has 6 rings (SSSR count). The molecule has 5 aromatic rings. The van der Waals surface area contributed by atoms with Crippen molar-refractivity contribution in [3.8, 4) is 16.9 Å². The lowest BCUT2D eigenvalue weighted by Gasteiger charge is -2.35. The molecule has 3 heterocycles. The number of anilines is 2. The zero-order valence-electron chi connectivity index (χ0n) is 30.4. The molecule has 1 aliphatic rings. The largest absolute Gasteiger partial charge is 0.492 e. The number of carbonyl (C=O) groups excluding carboxylic acids is 2. The number of halogens is 3. The number of hydrogen-bond acceptors (Lipinski definition) is 11. The van der Waals surface area contributed by atoms with Crippen molar-refractivity contribution in [2.24, 2.45) is 0 Å². The van der Waals surface area contributed by atoms with Crippen LogP contribution in [0.3, 0.4) is 0 Å². The number of carbonyl (C=O) groups is 2. The van der Waals surface area contributed by atoms with Gasteiger partial charge in [-0.2, -0.15) is 13.2 Å². The first-order valence-corrected chi connectivity index (χ1v) is 20.1. The second kappa shape index (κ2) is 17.4. The SMILES string of the molecule is CCOc1cncc(-c2ccc(C(=O)N3CCN(c4ccc(C(=O)NS(=O)(=O)c5ccc(NCCSc6ccccc6)c(C(F)(F)F)c5)nn4)CC3)cc2C)c1. The Morgan fingerprint density at radius 1 is 0.911 bits per heavy atom. The number of aromatic nitrogens is 3. The van der Waals surface area contributed by atoms with Crippen LogP contribution < -0.4 is 19.7 Å². The molecule has 0 unspecified atom stereocenters. The Morgan fingerprint density at radius 2 is 1.68 bits per heavy atom. The van der Waals surface area contributed by atoms with Crippen LogP contribution in [0.2, 0.25) is 0 Å². The highest BCUT2D eigenvalue weighted by atomic mass is 32.2. The quantitative estimate of drug-likeness (QED) is 0.0987. The second-order valence-corrected chi connectivity index (χ2v) is 15.5. The summed E-state index contributed by atoms with van der Waals surface area (Å²) in [5.74, 6) is 0.255. The van der Waals surface area contributed by atoms with Crippen LogP contribution in [0.15, 0.2) is 107 Å². The minimum atomic E-state index is -4.87. The average Bonchev–Trinajstić information content (AvgIpc) is 3.19. The summed E-state index contributed by atoms with van der Waals surface area (Å²) in [5, 5.41) is 10.7. The van der Waals surface area contributed by atoms with E-state index in [4.69, 9.17) is 4.74 Å². The fourth-order valence-electron chi connectivity index (χ4n) is 6.05. The van der Waals surface area contributed by atoms with Gasteiger partial charge in [-0.15, -0.1) is 22.0 Å². The van der Waals surface area contributed by atoms with Crippen LogP contribution in [0.5, 0.6) is 5.75 Å². The Morgan fingerprint density at radius 3 is 2.36 bits per heavy atom. The summed E-state index contributed by atoms with van der Waals surface area (Å²) in [7, 11) is -4.71. The van der Waals surface area contributed by atoms with Gasteiger partial charge in [-0.25, -0.2) is 13.1 Å². The molecule has 0 bridgehead atoms. The first-order chi connectivity index (χ1) is 26.8. The third kappa shape index (κ3) is 9.75. The number of nitrogens with one attached hydrogen (secondary N) is 2. The van der Waals surface area contributed by atoms with E-state index in [-0.39, 0.29) is 23.8 Å². The van der Waals surface area contributed by atoms with E-state index in [9.17, 15) is 31.2 Å². The number of amides is 2. The van der Waals surface area contributed by atoms with E-state index in [0.717, 1.165) is 33.7 Å². The van der Waals surface area contributed by atoms with Crippen LogP contribution in [-0.4, -0.2) is 85.4 Å². The van der Waals surface area contributed by atoms with Crippen LogP contribution in [-0.2, 0) is 16.2 Å². The van der Waals surface area contributed by atoms with E-state index >= 15 is 0 Å². The Bertz CT molecular complexity index is 2290. The van der Waals surface area contributed by atoms with E-state index < -0.39 is 32.6 Å². The molecule has 1 aliphatic heterocycles. The van der Waals surface area contributed by atoms with Crippen molar-refractivity contribution in [1.82, 2.24) is 24.8 Å². The topological polar surface area (TPSA) is 147 Å². The van der Waals surface area contributed by atoms with Gasteiger partial charge in [0.2, 0.25) is 0 Å². The summed E-state index contributed by atoms with van der Waals surface area (Å²) < 4.78 is 75.4. The van der Waals surface area contributed by atoms with Gasteiger partial charge in [0, 0.05) is 66.4 Å². The van der Waals surface area contributed by atoms with Gasteiger partial charge in [0.25, 0.3) is 21.8 Å². The number of pyridine rings is 1. The smallest absolute Gasteiger partial charge is 0.418 e. The molecule has 12 nitrogen and oxygen atoms in total. The van der Waals surface area contributed by atoms with Crippen LogP contribution in [0.25, 0.3) is 11.1 Å². The number of alkyl halides is 3. The summed E-state index contributed by atoms with van der Waals surface area (Å²) in [6.45, 7) is 6.18. The molecule has 2 N–H and O–H groups in total. The second-order valence-electron chi connectivity index (χ2n) is 12.7. The Kier molecular flexibility index (Phi) is 12.4. The van der Waals surface area contributed by atoms with Gasteiger partial charge in [0.05, 0.1) is 23.3 Å². The van der Waals surface area contributed by atoms with E-state index in [0.29, 0.717) is 61.7 Å². The fraction of sp³-hybridized carbons (Fsp3) is 0.256. The van der Waals surface area contributed by atoms with Crippen LogP contribution in [0, 0.1) is 6.92 Å². The third-order valence-corrected chi connectivity index (χ3v) is 11.2. The Hall–Kier alpha value is -5.68. The van der Waals surface area contributed by atoms with Crippen molar-refractivity contribution >= 4 is 45.1 Å². The van der Waals surface area contributed by atoms with Crippen molar-refractivity contribution in [2.75, 3.05) is 55.3 Å². The molecular weight excluding hydrogens is 768 g/mol. The molecule has 0 radical (unpaired) electrons. The van der Waals surface area contributed by atoms with Crippen molar-refractivity contribution in [2.45, 2.75) is 29.8 Å². The Labute approximate surface area is 326 Å². The summed E-state index contributed by atoms with van der Waals surface area (Å²) in [4.78, 5) is 34.4. The minimum Gasteiger partial charge on any atom is -0.492 e. The zero-order chi connectivity index (χ0) is 39.9. The molecule has 0 atom stereocenters. The fourth-order valence-corrected chi connectivity index (χ4v) is 7.83. The van der Waals surface area contributed by atoms with Gasteiger partial charge in [-0.3, -0.25) is 14.6 Å². The number of piperazine rings is 1. The zero-order valence-corrected chi connectivity index (χ0v) is 32.0. The first kappa shape index (κ1) is 40.0. The predicted octanol–water partition coefficient (Wildman–Crippen LogP) is 6.55. The van der Waals surface area contributed by atoms with Crippen molar-refractivity contribution in [3.63, 3.8) is 0 Å². The number of benzene rings is 3. The molecule has 17 heteroatoms. The third-order valence-electron chi connectivity index (χ3n) is 8.85. The summed E-state index contributed by atoms with van der Waals surface area (Å²) in [5.41, 5.74) is 1.47. The van der Waals surface area contributed by atoms with Crippen LogP contribution in [0.1, 0.15) is 38.9 Å². The average molecular weight is 806 g/mol. The summed E-state index contributed by atoms with van der Waals surface area (Å²) >= 11 is 1.46. The molecule has 0 aliphatic carbocycles. The lowest BCUT2D eigenvalue weighted by atomic mass is 9.99. The van der Waals surface area contributed by atoms with Crippen molar-refractivity contribution in [1.29, 1.82) is 0 Å². The highest BCUT2D eigenvalue weighted by molar-refractivity contribution is 7.99. The maximum Gasteiger partial charge on any atom is 0.418 e. The molecule has 2 amide bonds. The Balaban J connectivity index is 1.03. The lowest BCUT2D eigenvalue weighted by molar-refractivity contribution is -0.137. The van der Waals surface area contributed by atoms with Gasteiger partial charge in [0.15, 0.2) is 11.5 Å². The van der Waals surface area contributed by atoms with Gasteiger partial charge < -0.3 is 19.9 Å². The molecule has 1 saturated heterocycles. The van der Waals surface area contributed by atoms with E-state index in [1.54, 1.807) is 28.1 Å². The molecule has 56 heavy (non-hydrogen) atoms. The number of hydrogen-bond donors (Lipinski definition) is 2. The van der Waals surface area contributed by atoms with E-state index in [2.05, 4.69) is 20.5 Å². The predicted molar refractivity (Wildman–Crippen MR) is 207 cm³/mol. The van der Waals surface area contributed by atoms with Crippen molar-refractivity contribution < 1.29 is 35.9 Å². The highest BCUT2D eigenvalue weighted by Gasteiger charge is 2.35. The lowest BCUT2D eigenvalue weighted by Crippen LogP contribution is -2.49. The van der Waals surface area contributed by atoms with E-state index in [1.165, 1.54) is 23.9 Å². The molecular formula is C39H38F3N7O5S2. The van der Waals surface area contributed by atoms with Gasteiger partial charge in [0.1, 0.15) is 5.75 Å².